The van der Waals surface area contributed by atoms with Gasteiger partial charge in [0.25, 0.3) is 0 Å². The van der Waals surface area contributed by atoms with Crippen molar-refractivity contribution in [2.75, 3.05) is 0 Å². The van der Waals surface area contributed by atoms with Gasteiger partial charge in [-0.15, -0.1) is 5.10 Å². The maximum atomic E-state index is 6.17. The van der Waals surface area contributed by atoms with Gasteiger partial charge in [0.05, 0.1) is 10.7 Å². The topological polar surface area (TPSA) is 30.7 Å². The standard InChI is InChI=1S/C14H8BrCl2N3/c15-10-6-2-1-5-9(10)13-18-14(17)20(19-13)12-8-4-3-7-11(12)16/h1-8H. The van der Waals surface area contributed by atoms with E-state index in [0.29, 0.717) is 16.5 Å². The van der Waals surface area contributed by atoms with Crippen LogP contribution in [0.1, 0.15) is 0 Å². The summed E-state index contributed by atoms with van der Waals surface area (Å²) in [6.45, 7) is 0. The van der Waals surface area contributed by atoms with E-state index in [1.807, 2.05) is 42.5 Å². The highest BCUT2D eigenvalue weighted by molar-refractivity contribution is 9.10. The molecule has 0 saturated heterocycles. The van der Waals surface area contributed by atoms with E-state index >= 15 is 0 Å². The van der Waals surface area contributed by atoms with Crippen LogP contribution in [-0.4, -0.2) is 14.8 Å². The second kappa shape index (κ2) is 5.56. The number of hydrogen-bond acceptors (Lipinski definition) is 2. The van der Waals surface area contributed by atoms with Gasteiger partial charge in [-0.2, -0.15) is 4.98 Å². The molecule has 0 spiro atoms. The van der Waals surface area contributed by atoms with Crippen LogP contribution in [0.2, 0.25) is 10.3 Å². The van der Waals surface area contributed by atoms with Gasteiger partial charge in [0.2, 0.25) is 5.28 Å². The zero-order valence-electron chi connectivity index (χ0n) is 10.1. The molecular weight excluding hydrogens is 361 g/mol. The fourth-order valence-corrected chi connectivity index (χ4v) is 2.71. The minimum Gasteiger partial charge on any atom is -0.201 e. The van der Waals surface area contributed by atoms with E-state index in [-0.39, 0.29) is 5.28 Å². The molecule has 0 amide bonds. The highest BCUT2D eigenvalue weighted by Crippen LogP contribution is 2.29. The third-order valence-electron chi connectivity index (χ3n) is 2.76. The Labute approximate surface area is 134 Å². The van der Waals surface area contributed by atoms with Crippen LogP contribution in [0.4, 0.5) is 0 Å². The molecule has 2 aromatic carbocycles. The number of nitrogens with zero attached hydrogens (tertiary/aromatic N) is 3. The Morgan fingerprint density at radius 1 is 0.950 bits per heavy atom. The monoisotopic (exact) mass is 367 g/mol. The van der Waals surface area contributed by atoms with Gasteiger partial charge in [-0.3, -0.25) is 0 Å². The maximum Gasteiger partial charge on any atom is 0.226 e. The summed E-state index contributed by atoms with van der Waals surface area (Å²) in [6, 6.07) is 15.1. The minimum absolute atomic E-state index is 0.267. The molecule has 0 aliphatic carbocycles. The van der Waals surface area contributed by atoms with E-state index < -0.39 is 0 Å². The van der Waals surface area contributed by atoms with Crippen molar-refractivity contribution < 1.29 is 0 Å². The molecule has 1 aromatic heterocycles. The molecule has 0 bridgehead atoms. The van der Waals surface area contributed by atoms with Crippen molar-refractivity contribution >= 4 is 39.1 Å². The van der Waals surface area contributed by atoms with E-state index in [9.17, 15) is 0 Å². The molecule has 20 heavy (non-hydrogen) atoms. The summed E-state index contributed by atoms with van der Waals surface area (Å²) in [5, 5.41) is 5.27. The molecule has 3 rings (SSSR count). The smallest absolute Gasteiger partial charge is 0.201 e. The van der Waals surface area contributed by atoms with E-state index in [0.717, 1.165) is 10.0 Å². The molecule has 6 heteroatoms. The van der Waals surface area contributed by atoms with Crippen molar-refractivity contribution in [1.29, 1.82) is 0 Å². The molecule has 0 radical (unpaired) electrons. The molecule has 0 saturated carbocycles. The van der Waals surface area contributed by atoms with Gasteiger partial charge in [-0.05, 0) is 35.9 Å². The largest absolute Gasteiger partial charge is 0.226 e. The van der Waals surface area contributed by atoms with Gasteiger partial charge in [-0.1, -0.05) is 51.8 Å². The number of hydrogen-bond donors (Lipinski definition) is 0. The first-order valence-electron chi connectivity index (χ1n) is 5.79. The van der Waals surface area contributed by atoms with E-state index in [4.69, 9.17) is 23.2 Å². The highest BCUT2D eigenvalue weighted by atomic mass is 79.9. The summed E-state index contributed by atoms with van der Waals surface area (Å²) in [5.41, 5.74) is 1.57. The van der Waals surface area contributed by atoms with Crippen molar-refractivity contribution in [2.45, 2.75) is 0 Å². The van der Waals surface area contributed by atoms with Crippen LogP contribution in [0.15, 0.2) is 53.0 Å². The molecule has 3 nitrogen and oxygen atoms in total. The lowest BCUT2D eigenvalue weighted by Crippen LogP contribution is -1.97. The van der Waals surface area contributed by atoms with Crippen LogP contribution in [0.25, 0.3) is 17.1 Å². The van der Waals surface area contributed by atoms with E-state index in [2.05, 4.69) is 26.0 Å². The Morgan fingerprint density at radius 3 is 2.40 bits per heavy atom. The van der Waals surface area contributed by atoms with Crippen molar-refractivity contribution in [3.05, 3.63) is 63.3 Å². The number of para-hydroxylation sites is 1. The summed E-state index contributed by atoms with van der Waals surface area (Å²) in [4.78, 5) is 4.29. The maximum absolute atomic E-state index is 6.17. The Kier molecular flexibility index (Phi) is 3.78. The molecule has 0 fully saturated rings. The first kappa shape index (κ1) is 13.6. The van der Waals surface area contributed by atoms with Gasteiger partial charge >= 0.3 is 0 Å². The Hall–Kier alpha value is -1.36. The SMILES string of the molecule is Clc1ccccc1-n1nc(-c2ccccc2Br)nc1Cl. The molecule has 1 heterocycles. The fourth-order valence-electron chi connectivity index (χ4n) is 1.83. The molecular formula is C14H8BrCl2N3. The van der Waals surface area contributed by atoms with Crippen LogP contribution in [-0.2, 0) is 0 Å². The molecule has 0 atom stereocenters. The van der Waals surface area contributed by atoms with Gasteiger partial charge in [0, 0.05) is 10.0 Å². The zero-order chi connectivity index (χ0) is 14.1. The van der Waals surface area contributed by atoms with E-state index in [1.54, 1.807) is 6.07 Å². The lowest BCUT2D eigenvalue weighted by molar-refractivity contribution is 0.883. The van der Waals surface area contributed by atoms with Crippen LogP contribution in [0.3, 0.4) is 0 Å². The zero-order valence-corrected chi connectivity index (χ0v) is 13.2. The van der Waals surface area contributed by atoms with Crippen LogP contribution >= 0.6 is 39.1 Å². The number of benzene rings is 2. The summed E-state index contributed by atoms with van der Waals surface area (Å²) in [7, 11) is 0. The van der Waals surface area contributed by atoms with Crippen LogP contribution < -0.4 is 0 Å². The van der Waals surface area contributed by atoms with Crippen LogP contribution in [0, 0.1) is 0 Å². The fraction of sp³-hybridized carbons (Fsp3) is 0. The van der Waals surface area contributed by atoms with Crippen molar-refractivity contribution in [3.63, 3.8) is 0 Å². The van der Waals surface area contributed by atoms with Crippen LogP contribution in [0.5, 0.6) is 0 Å². The number of rotatable bonds is 2. The Morgan fingerprint density at radius 2 is 1.65 bits per heavy atom. The summed E-state index contributed by atoms with van der Waals surface area (Å²) >= 11 is 15.8. The molecule has 0 N–H and O–H groups in total. The van der Waals surface area contributed by atoms with Gasteiger partial charge in [0.1, 0.15) is 0 Å². The third kappa shape index (κ3) is 2.46. The average molecular weight is 369 g/mol. The van der Waals surface area contributed by atoms with Crippen molar-refractivity contribution in [3.8, 4) is 17.1 Å². The first-order chi connectivity index (χ1) is 9.66. The summed E-state index contributed by atoms with van der Waals surface area (Å²) in [6.07, 6.45) is 0. The molecule has 0 aliphatic rings. The third-order valence-corrected chi connectivity index (χ3v) is 4.02. The number of aromatic nitrogens is 3. The second-order valence-electron chi connectivity index (χ2n) is 4.05. The first-order valence-corrected chi connectivity index (χ1v) is 7.34. The normalized spacial score (nSPS) is 10.8. The minimum atomic E-state index is 0.267. The quantitative estimate of drug-likeness (QED) is 0.636. The predicted molar refractivity (Wildman–Crippen MR) is 84.5 cm³/mol. The van der Waals surface area contributed by atoms with Crippen molar-refractivity contribution in [2.24, 2.45) is 0 Å². The highest BCUT2D eigenvalue weighted by Gasteiger charge is 2.14. The predicted octanol–water partition coefficient (Wildman–Crippen LogP) is 5.00. The van der Waals surface area contributed by atoms with Gasteiger partial charge in [0.15, 0.2) is 5.82 Å². The van der Waals surface area contributed by atoms with Gasteiger partial charge < -0.3 is 0 Å². The molecule has 0 unspecified atom stereocenters. The van der Waals surface area contributed by atoms with Crippen molar-refractivity contribution in [1.82, 2.24) is 14.8 Å². The lowest BCUT2D eigenvalue weighted by Gasteiger charge is -2.03. The molecule has 0 aliphatic heterocycles. The number of halogens is 3. The summed E-state index contributed by atoms with van der Waals surface area (Å²) in [5.74, 6) is 0.544. The second-order valence-corrected chi connectivity index (χ2v) is 5.65. The summed E-state index contributed by atoms with van der Waals surface area (Å²) < 4.78 is 2.44. The molecule has 100 valence electrons. The van der Waals surface area contributed by atoms with E-state index in [1.165, 1.54) is 4.68 Å². The van der Waals surface area contributed by atoms with Gasteiger partial charge in [-0.25, -0.2) is 4.68 Å². The lowest BCUT2D eigenvalue weighted by atomic mass is 10.2. The Balaban J connectivity index is 2.13. The Bertz CT molecular complexity index is 771. The average Bonchev–Trinajstić information content (AvgIpc) is 2.81. The molecule has 3 aromatic rings.